The van der Waals surface area contributed by atoms with Gasteiger partial charge in [0.25, 0.3) is 0 Å². The van der Waals surface area contributed by atoms with Crippen LogP contribution in [0.5, 0.6) is 0 Å². The van der Waals surface area contributed by atoms with Gasteiger partial charge in [-0.05, 0) is 37.2 Å². The van der Waals surface area contributed by atoms with Gasteiger partial charge in [0.1, 0.15) is 0 Å². The Balaban J connectivity index is 2.11. The summed E-state index contributed by atoms with van der Waals surface area (Å²) in [5.74, 6) is 0. The van der Waals surface area contributed by atoms with E-state index in [2.05, 4.69) is 10.6 Å². The summed E-state index contributed by atoms with van der Waals surface area (Å²) in [4.78, 5) is 0. The minimum Gasteiger partial charge on any atom is -0.395 e. The van der Waals surface area contributed by atoms with Gasteiger partial charge < -0.3 is 15.7 Å². The van der Waals surface area contributed by atoms with Crippen LogP contribution in [0.25, 0.3) is 0 Å². The van der Waals surface area contributed by atoms with Crippen LogP contribution in [0.4, 0.5) is 0 Å². The summed E-state index contributed by atoms with van der Waals surface area (Å²) in [5, 5.41) is 16.2. The minimum atomic E-state index is 0.191. The van der Waals surface area contributed by atoms with E-state index in [-0.39, 0.29) is 6.61 Å². The van der Waals surface area contributed by atoms with E-state index in [9.17, 15) is 0 Å². The van der Waals surface area contributed by atoms with Gasteiger partial charge in [-0.2, -0.15) is 0 Å². The van der Waals surface area contributed by atoms with Crippen molar-refractivity contribution in [1.29, 1.82) is 0 Å². The largest absolute Gasteiger partial charge is 0.395 e. The first-order valence-electron chi connectivity index (χ1n) is 5.70. The van der Waals surface area contributed by atoms with E-state index in [0.717, 1.165) is 31.6 Å². The van der Waals surface area contributed by atoms with Crippen molar-refractivity contribution in [1.82, 2.24) is 10.6 Å². The molecule has 0 aliphatic heterocycles. The Hall–Kier alpha value is -0.320. The lowest BCUT2D eigenvalue weighted by Crippen LogP contribution is -2.23. The number of halogens is 2. The van der Waals surface area contributed by atoms with Crippen molar-refractivity contribution in [2.75, 3.05) is 26.2 Å². The highest BCUT2D eigenvalue weighted by Gasteiger charge is 1.98. The van der Waals surface area contributed by atoms with Crippen molar-refractivity contribution in [2.45, 2.75) is 13.0 Å². The first kappa shape index (κ1) is 14.7. The molecule has 0 spiro atoms. The van der Waals surface area contributed by atoms with Crippen molar-refractivity contribution >= 4 is 23.2 Å². The van der Waals surface area contributed by atoms with E-state index >= 15 is 0 Å². The molecule has 0 saturated carbocycles. The second kappa shape index (κ2) is 8.72. The van der Waals surface area contributed by atoms with Crippen LogP contribution in [0, 0.1) is 0 Å². The van der Waals surface area contributed by atoms with Crippen LogP contribution < -0.4 is 10.6 Å². The first-order valence-corrected chi connectivity index (χ1v) is 6.46. The van der Waals surface area contributed by atoms with Gasteiger partial charge in [0.05, 0.1) is 16.7 Å². The quantitative estimate of drug-likeness (QED) is 0.637. The summed E-state index contributed by atoms with van der Waals surface area (Å²) < 4.78 is 0. The second-order valence-corrected chi connectivity index (χ2v) is 4.57. The molecule has 0 aliphatic rings. The third kappa shape index (κ3) is 6.24. The van der Waals surface area contributed by atoms with Crippen LogP contribution in [-0.2, 0) is 6.54 Å². The highest BCUT2D eigenvalue weighted by Crippen LogP contribution is 2.22. The van der Waals surface area contributed by atoms with E-state index in [0.29, 0.717) is 16.6 Å². The maximum atomic E-state index is 8.56. The molecule has 0 saturated heterocycles. The summed E-state index contributed by atoms with van der Waals surface area (Å²) in [6.45, 7) is 3.48. The fraction of sp³-hybridized carbons (Fsp3) is 0.500. The molecule has 0 bridgehead atoms. The van der Waals surface area contributed by atoms with Crippen molar-refractivity contribution < 1.29 is 5.11 Å². The van der Waals surface area contributed by atoms with Crippen molar-refractivity contribution in [3.8, 4) is 0 Å². The van der Waals surface area contributed by atoms with Gasteiger partial charge in [0, 0.05) is 13.1 Å². The number of aliphatic hydroxyl groups excluding tert-OH is 1. The molecule has 0 amide bonds. The zero-order valence-corrected chi connectivity index (χ0v) is 11.2. The predicted octanol–water partition coefficient (Wildman–Crippen LogP) is 2.05. The zero-order valence-electron chi connectivity index (χ0n) is 9.68. The molecule has 96 valence electrons. The third-order valence-corrected chi connectivity index (χ3v) is 3.05. The average molecular weight is 277 g/mol. The van der Waals surface area contributed by atoms with Gasteiger partial charge in [-0.3, -0.25) is 0 Å². The van der Waals surface area contributed by atoms with Crippen molar-refractivity contribution in [3.05, 3.63) is 33.8 Å². The second-order valence-electron chi connectivity index (χ2n) is 3.75. The fourth-order valence-corrected chi connectivity index (χ4v) is 1.75. The summed E-state index contributed by atoms with van der Waals surface area (Å²) >= 11 is 11.7. The molecule has 1 rings (SSSR count). The van der Waals surface area contributed by atoms with E-state index in [1.807, 2.05) is 18.2 Å². The number of rotatable bonds is 8. The third-order valence-electron chi connectivity index (χ3n) is 2.31. The Labute approximate surface area is 112 Å². The standard InChI is InChI=1S/C12H18Cl2N2O/c13-11-3-2-10(8-12(11)14)9-16-5-1-4-15-6-7-17/h2-3,8,15-17H,1,4-7,9H2. The highest BCUT2D eigenvalue weighted by molar-refractivity contribution is 6.42. The van der Waals surface area contributed by atoms with E-state index in [1.54, 1.807) is 0 Å². The molecule has 5 heteroatoms. The maximum absolute atomic E-state index is 8.56. The minimum absolute atomic E-state index is 0.191. The number of hydrogen-bond acceptors (Lipinski definition) is 3. The molecule has 0 heterocycles. The fourth-order valence-electron chi connectivity index (χ4n) is 1.42. The molecule has 3 N–H and O–H groups in total. The molecular formula is C12H18Cl2N2O. The van der Waals surface area contributed by atoms with Crippen molar-refractivity contribution in [2.24, 2.45) is 0 Å². The normalized spacial score (nSPS) is 10.8. The first-order chi connectivity index (χ1) is 8.24. The molecule has 1 aromatic rings. The molecule has 0 radical (unpaired) electrons. The predicted molar refractivity (Wildman–Crippen MR) is 72.7 cm³/mol. The lowest BCUT2D eigenvalue weighted by Gasteiger charge is -2.06. The molecule has 0 fully saturated rings. The molecule has 1 aromatic carbocycles. The van der Waals surface area contributed by atoms with Crippen LogP contribution in [0.2, 0.25) is 10.0 Å². The molecule has 3 nitrogen and oxygen atoms in total. The van der Waals surface area contributed by atoms with Crippen LogP contribution in [0.3, 0.4) is 0 Å². The van der Waals surface area contributed by atoms with Crippen LogP contribution in [0.1, 0.15) is 12.0 Å². The van der Waals surface area contributed by atoms with Gasteiger partial charge >= 0.3 is 0 Å². The van der Waals surface area contributed by atoms with Crippen molar-refractivity contribution in [3.63, 3.8) is 0 Å². The molecule has 0 unspecified atom stereocenters. The summed E-state index contributed by atoms with van der Waals surface area (Å²) in [5.41, 5.74) is 1.13. The monoisotopic (exact) mass is 276 g/mol. The zero-order chi connectivity index (χ0) is 12.5. The number of nitrogens with one attached hydrogen (secondary N) is 2. The summed E-state index contributed by atoms with van der Waals surface area (Å²) in [6, 6.07) is 5.65. The van der Waals surface area contributed by atoms with Gasteiger partial charge in [-0.15, -0.1) is 0 Å². The Morgan fingerprint density at radius 1 is 1.00 bits per heavy atom. The number of hydrogen-bond donors (Lipinski definition) is 3. The van der Waals surface area contributed by atoms with Crippen LogP contribution >= 0.6 is 23.2 Å². The molecule has 0 aliphatic carbocycles. The van der Waals surface area contributed by atoms with Gasteiger partial charge in [-0.1, -0.05) is 29.3 Å². The molecule has 17 heavy (non-hydrogen) atoms. The SMILES string of the molecule is OCCNCCCNCc1ccc(Cl)c(Cl)c1. The maximum Gasteiger partial charge on any atom is 0.0595 e. The van der Waals surface area contributed by atoms with Gasteiger partial charge in [-0.25, -0.2) is 0 Å². The van der Waals surface area contributed by atoms with E-state index in [4.69, 9.17) is 28.3 Å². The number of benzene rings is 1. The average Bonchev–Trinajstić information content (AvgIpc) is 2.32. The Morgan fingerprint density at radius 3 is 2.47 bits per heavy atom. The molecule has 0 atom stereocenters. The number of aliphatic hydroxyl groups is 1. The summed E-state index contributed by atoms with van der Waals surface area (Å²) in [7, 11) is 0. The van der Waals surface area contributed by atoms with Crippen LogP contribution in [0.15, 0.2) is 18.2 Å². The van der Waals surface area contributed by atoms with E-state index < -0.39 is 0 Å². The highest BCUT2D eigenvalue weighted by atomic mass is 35.5. The summed E-state index contributed by atoms with van der Waals surface area (Å²) in [6.07, 6.45) is 1.03. The molecule has 0 aromatic heterocycles. The molecular weight excluding hydrogens is 259 g/mol. The lowest BCUT2D eigenvalue weighted by molar-refractivity contribution is 0.292. The van der Waals surface area contributed by atoms with E-state index in [1.165, 1.54) is 0 Å². The Kier molecular flexibility index (Phi) is 7.56. The smallest absolute Gasteiger partial charge is 0.0595 e. The Bertz CT molecular complexity index is 334. The lowest BCUT2D eigenvalue weighted by atomic mass is 10.2. The van der Waals surface area contributed by atoms with Gasteiger partial charge in [0.15, 0.2) is 0 Å². The van der Waals surface area contributed by atoms with Crippen LogP contribution in [-0.4, -0.2) is 31.3 Å². The Morgan fingerprint density at radius 2 is 1.76 bits per heavy atom. The topological polar surface area (TPSA) is 44.3 Å². The van der Waals surface area contributed by atoms with Gasteiger partial charge in [0.2, 0.25) is 0 Å².